The Balaban J connectivity index is 1.37. The first-order valence-electron chi connectivity index (χ1n) is 10.5. The van der Waals surface area contributed by atoms with Gasteiger partial charge in [-0.1, -0.05) is 36.0 Å². The van der Waals surface area contributed by atoms with Crippen molar-refractivity contribution in [2.75, 3.05) is 11.1 Å². The molecule has 3 N–H and O–H groups in total. The minimum atomic E-state index is -0.484. The number of hydrogen-bond acceptors (Lipinski definition) is 7. The molecule has 4 aromatic rings. The highest BCUT2D eigenvalue weighted by Crippen LogP contribution is 2.38. The van der Waals surface area contributed by atoms with Crippen LogP contribution in [0.3, 0.4) is 0 Å². The highest BCUT2D eigenvalue weighted by molar-refractivity contribution is 7.99. The molecule has 33 heavy (non-hydrogen) atoms. The molecule has 0 bridgehead atoms. The summed E-state index contributed by atoms with van der Waals surface area (Å²) >= 11 is 4.36. The zero-order chi connectivity index (χ0) is 22.8. The van der Waals surface area contributed by atoms with Gasteiger partial charge in [0.2, 0.25) is 5.91 Å². The number of rotatable bonds is 7. The summed E-state index contributed by atoms with van der Waals surface area (Å²) in [6.45, 7) is 0. The van der Waals surface area contributed by atoms with Gasteiger partial charge in [-0.3, -0.25) is 14.2 Å². The van der Waals surface area contributed by atoms with E-state index in [1.54, 1.807) is 11.3 Å². The monoisotopic (exact) mass is 495 g/mol. The number of thioether (sulfide) groups is 1. The Morgan fingerprint density at radius 1 is 1.09 bits per heavy atom. The number of carbonyl (C=O) groups excluding carboxylic acids is 2. The second kappa shape index (κ2) is 9.50. The van der Waals surface area contributed by atoms with Crippen molar-refractivity contribution < 1.29 is 9.59 Å². The van der Waals surface area contributed by atoms with Crippen LogP contribution in [0.25, 0.3) is 16.4 Å². The summed E-state index contributed by atoms with van der Waals surface area (Å²) in [6.07, 6.45) is 3.89. The van der Waals surface area contributed by atoms with Crippen molar-refractivity contribution in [3.8, 4) is 16.4 Å². The molecule has 1 aliphatic carbocycles. The molecule has 0 fully saturated rings. The van der Waals surface area contributed by atoms with Crippen LogP contribution in [-0.2, 0) is 17.6 Å². The molecule has 7 nitrogen and oxygen atoms in total. The number of thiophene rings is 2. The number of primary amides is 1. The molecule has 0 radical (unpaired) electrons. The van der Waals surface area contributed by atoms with Gasteiger partial charge in [0.25, 0.3) is 5.91 Å². The van der Waals surface area contributed by atoms with Gasteiger partial charge in [0.05, 0.1) is 16.2 Å². The van der Waals surface area contributed by atoms with Crippen LogP contribution in [0.5, 0.6) is 0 Å². The third kappa shape index (κ3) is 4.46. The van der Waals surface area contributed by atoms with Crippen LogP contribution >= 0.6 is 34.4 Å². The van der Waals surface area contributed by atoms with Crippen molar-refractivity contribution in [1.82, 2.24) is 14.8 Å². The van der Waals surface area contributed by atoms with E-state index in [1.807, 2.05) is 52.4 Å². The van der Waals surface area contributed by atoms with E-state index in [2.05, 4.69) is 15.5 Å². The number of aromatic nitrogens is 3. The quantitative estimate of drug-likeness (QED) is 0.360. The van der Waals surface area contributed by atoms with E-state index in [4.69, 9.17) is 5.73 Å². The molecule has 3 heterocycles. The Bertz CT molecular complexity index is 1300. The molecule has 0 atom stereocenters. The van der Waals surface area contributed by atoms with Crippen LogP contribution in [0.15, 0.2) is 53.0 Å². The molecule has 0 spiro atoms. The number of nitrogens with zero attached hydrogens (tertiary/aromatic N) is 3. The van der Waals surface area contributed by atoms with E-state index >= 15 is 0 Å². The molecule has 2 amide bonds. The maximum Gasteiger partial charge on any atom is 0.251 e. The van der Waals surface area contributed by atoms with Gasteiger partial charge >= 0.3 is 0 Å². The number of amides is 2. The summed E-state index contributed by atoms with van der Waals surface area (Å²) in [5.41, 5.74) is 8.05. The predicted octanol–water partition coefficient (Wildman–Crippen LogP) is 4.77. The Hall–Kier alpha value is -2.95. The summed E-state index contributed by atoms with van der Waals surface area (Å²) in [4.78, 5) is 27.1. The van der Waals surface area contributed by atoms with Crippen LogP contribution < -0.4 is 11.1 Å². The van der Waals surface area contributed by atoms with Crippen molar-refractivity contribution in [2.24, 2.45) is 5.73 Å². The number of para-hydroxylation sites is 1. The molecule has 0 aliphatic heterocycles. The van der Waals surface area contributed by atoms with Crippen LogP contribution in [0, 0.1) is 0 Å². The number of aryl methyl sites for hydroxylation is 1. The maximum absolute atomic E-state index is 12.8. The summed E-state index contributed by atoms with van der Waals surface area (Å²) in [7, 11) is 0. The fraction of sp³-hybridized carbons (Fsp3) is 0.217. The lowest BCUT2D eigenvalue weighted by Crippen LogP contribution is -2.19. The Kier molecular flexibility index (Phi) is 6.30. The Labute approximate surface area is 203 Å². The number of hydrogen-bond donors (Lipinski definition) is 2. The van der Waals surface area contributed by atoms with Crippen LogP contribution in [0.4, 0.5) is 5.00 Å². The van der Waals surface area contributed by atoms with Crippen LogP contribution in [0.2, 0.25) is 0 Å². The fourth-order valence-electron chi connectivity index (χ4n) is 3.95. The van der Waals surface area contributed by atoms with E-state index in [0.29, 0.717) is 15.7 Å². The maximum atomic E-state index is 12.8. The third-order valence-electron chi connectivity index (χ3n) is 5.39. The summed E-state index contributed by atoms with van der Waals surface area (Å²) < 4.78 is 1.96. The standard InChI is InChI=1S/C23H21N5O2S3/c24-20(30)19-15-9-4-5-10-16(15)33-22(19)25-18(29)13-32-23-27-26-21(17-11-6-12-31-17)28(23)14-7-2-1-3-8-14/h1-3,6-8,11-12H,4-5,9-10,13H2,(H2,24,30)(H,25,29). The highest BCUT2D eigenvalue weighted by atomic mass is 32.2. The van der Waals surface area contributed by atoms with E-state index in [0.717, 1.165) is 52.5 Å². The van der Waals surface area contributed by atoms with Crippen molar-refractivity contribution in [1.29, 1.82) is 0 Å². The molecule has 0 saturated heterocycles. The number of carbonyl (C=O) groups is 2. The van der Waals surface area contributed by atoms with Crippen LogP contribution in [0.1, 0.15) is 33.6 Å². The molecule has 0 unspecified atom stereocenters. The van der Waals surface area contributed by atoms with Gasteiger partial charge in [0, 0.05) is 10.6 Å². The second-order valence-electron chi connectivity index (χ2n) is 7.57. The lowest BCUT2D eigenvalue weighted by Gasteiger charge is -2.11. The van der Waals surface area contributed by atoms with Crippen LogP contribution in [-0.4, -0.2) is 32.3 Å². The minimum absolute atomic E-state index is 0.135. The third-order valence-corrected chi connectivity index (χ3v) is 8.39. The molecular weight excluding hydrogens is 474 g/mol. The molecule has 5 rings (SSSR count). The molecule has 1 aliphatic rings. The molecule has 1 aromatic carbocycles. The van der Waals surface area contributed by atoms with Crippen molar-refractivity contribution in [3.63, 3.8) is 0 Å². The number of nitrogens with one attached hydrogen (secondary N) is 1. The average molecular weight is 496 g/mol. The smallest absolute Gasteiger partial charge is 0.251 e. The van der Waals surface area contributed by atoms with Crippen molar-refractivity contribution >= 4 is 51.3 Å². The Morgan fingerprint density at radius 2 is 1.91 bits per heavy atom. The van der Waals surface area contributed by atoms with Gasteiger partial charge in [-0.05, 0) is 54.8 Å². The first-order valence-corrected chi connectivity index (χ1v) is 13.2. The molecule has 168 valence electrons. The second-order valence-corrected chi connectivity index (χ2v) is 10.6. The summed E-state index contributed by atoms with van der Waals surface area (Å²) in [5.74, 6) is 0.181. The van der Waals surface area contributed by atoms with Crippen molar-refractivity contribution in [3.05, 3.63) is 63.8 Å². The van der Waals surface area contributed by atoms with Gasteiger partial charge in [-0.25, -0.2) is 0 Å². The topological polar surface area (TPSA) is 103 Å². The average Bonchev–Trinajstić information content (AvgIpc) is 3.55. The lowest BCUT2D eigenvalue weighted by atomic mass is 9.95. The highest BCUT2D eigenvalue weighted by Gasteiger charge is 2.25. The first kappa shape index (κ1) is 21.9. The fourth-order valence-corrected chi connectivity index (χ4v) is 6.71. The first-order chi connectivity index (χ1) is 16.1. The minimum Gasteiger partial charge on any atom is -0.365 e. The molecular formula is C23H21N5O2S3. The predicted molar refractivity (Wildman–Crippen MR) is 134 cm³/mol. The van der Waals surface area contributed by atoms with E-state index in [-0.39, 0.29) is 11.7 Å². The van der Waals surface area contributed by atoms with Crippen molar-refractivity contribution in [2.45, 2.75) is 30.8 Å². The number of fused-ring (bicyclic) bond motifs is 1. The molecule has 10 heteroatoms. The normalized spacial score (nSPS) is 13.0. The van der Waals surface area contributed by atoms with Gasteiger partial charge < -0.3 is 11.1 Å². The number of anilines is 1. The van der Waals surface area contributed by atoms with E-state index < -0.39 is 5.91 Å². The summed E-state index contributed by atoms with van der Waals surface area (Å²) in [6, 6.07) is 13.8. The van der Waals surface area contributed by atoms with Gasteiger partial charge in [-0.15, -0.1) is 32.9 Å². The number of nitrogens with two attached hydrogens (primary N) is 1. The number of benzene rings is 1. The largest absolute Gasteiger partial charge is 0.365 e. The van der Waals surface area contributed by atoms with Gasteiger partial charge in [0.15, 0.2) is 11.0 Å². The van der Waals surface area contributed by atoms with Gasteiger partial charge in [0.1, 0.15) is 5.00 Å². The summed E-state index contributed by atoms with van der Waals surface area (Å²) in [5, 5.41) is 14.8. The molecule has 0 saturated carbocycles. The zero-order valence-corrected chi connectivity index (χ0v) is 20.1. The lowest BCUT2D eigenvalue weighted by molar-refractivity contribution is -0.113. The Morgan fingerprint density at radius 3 is 2.67 bits per heavy atom. The van der Waals surface area contributed by atoms with Gasteiger partial charge in [-0.2, -0.15) is 0 Å². The van der Waals surface area contributed by atoms with E-state index in [9.17, 15) is 9.59 Å². The SMILES string of the molecule is NC(=O)c1c(NC(=O)CSc2nnc(-c3cccs3)n2-c2ccccc2)sc2c1CCCC2. The van der Waals surface area contributed by atoms with E-state index in [1.165, 1.54) is 23.1 Å². The molecule has 3 aromatic heterocycles. The zero-order valence-electron chi connectivity index (χ0n) is 17.6.